The Morgan fingerprint density at radius 1 is 1.29 bits per heavy atom. The SMILES string of the molecule is COc1cc(C(=O)NCC(C)C)cc(S(=O)(=O)Cl)c1OC. The Hall–Kier alpha value is -1.47. The van der Waals surface area contributed by atoms with E-state index in [4.69, 9.17) is 20.2 Å². The molecule has 0 aromatic heterocycles. The molecule has 0 atom stereocenters. The molecule has 0 saturated heterocycles. The third-order valence-corrected chi connectivity index (χ3v) is 3.97. The van der Waals surface area contributed by atoms with Crippen LogP contribution in [0.3, 0.4) is 0 Å². The third-order valence-electron chi connectivity index (χ3n) is 2.64. The van der Waals surface area contributed by atoms with Crippen molar-refractivity contribution in [3.63, 3.8) is 0 Å². The first kappa shape index (κ1) is 17.6. The number of amides is 1. The number of rotatable bonds is 6. The maximum atomic E-state index is 12.1. The summed E-state index contributed by atoms with van der Waals surface area (Å²) in [4.78, 5) is 11.7. The molecule has 0 bridgehead atoms. The average molecular weight is 336 g/mol. The number of nitrogens with one attached hydrogen (secondary N) is 1. The second-order valence-electron chi connectivity index (χ2n) is 4.75. The number of carbonyl (C=O) groups is 1. The fourth-order valence-corrected chi connectivity index (χ4v) is 2.66. The maximum Gasteiger partial charge on any atom is 0.265 e. The van der Waals surface area contributed by atoms with Crippen molar-refractivity contribution >= 4 is 25.6 Å². The first-order valence-corrected chi connectivity index (χ1v) is 8.50. The largest absolute Gasteiger partial charge is 0.493 e. The lowest BCUT2D eigenvalue weighted by Gasteiger charge is -2.14. The van der Waals surface area contributed by atoms with E-state index in [9.17, 15) is 13.2 Å². The van der Waals surface area contributed by atoms with Crippen LogP contribution in [0.5, 0.6) is 11.5 Å². The molecule has 21 heavy (non-hydrogen) atoms. The predicted octanol–water partition coefficient (Wildman–Crippen LogP) is 2.02. The van der Waals surface area contributed by atoms with Gasteiger partial charge in [-0.25, -0.2) is 8.42 Å². The van der Waals surface area contributed by atoms with Crippen molar-refractivity contribution in [1.82, 2.24) is 5.32 Å². The van der Waals surface area contributed by atoms with Crippen LogP contribution in [0.25, 0.3) is 0 Å². The van der Waals surface area contributed by atoms with Crippen LogP contribution in [-0.2, 0) is 9.05 Å². The number of halogens is 1. The van der Waals surface area contributed by atoms with E-state index in [2.05, 4.69) is 5.32 Å². The zero-order valence-corrected chi connectivity index (χ0v) is 13.8. The van der Waals surface area contributed by atoms with E-state index >= 15 is 0 Å². The van der Waals surface area contributed by atoms with Crippen LogP contribution < -0.4 is 14.8 Å². The summed E-state index contributed by atoms with van der Waals surface area (Å²) in [6.45, 7) is 4.36. The van der Waals surface area contributed by atoms with Crippen molar-refractivity contribution in [2.45, 2.75) is 18.7 Å². The van der Waals surface area contributed by atoms with Gasteiger partial charge in [-0.1, -0.05) is 13.8 Å². The van der Waals surface area contributed by atoms with Crippen LogP contribution in [0.4, 0.5) is 0 Å². The molecule has 8 heteroatoms. The van der Waals surface area contributed by atoms with E-state index in [0.717, 1.165) is 0 Å². The van der Waals surface area contributed by atoms with Gasteiger partial charge in [0.15, 0.2) is 11.5 Å². The molecule has 1 aromatic rings. The third kappa shape index (κ3) is 4.50. The summed E-state index contributed by atoms with van der Waals surface area (Å²) < 4.78 is 33.3. The van der Waals surface area contributed by atoms with Gasteiger partial charge in [0.2, 0.25) is 0 Å². The van der Waals surface area contributed by atoms with Crippen LogP contribution in [0, 0.1) is 5.92 Å². The first-order valence-electron chi connectivity index (χ1n) is 6.19. The van der Waals surface area contributed by atoms with Crippen LogP contribution in [0.2, 0.25) is 0 Å². The highest BCUT2D eigenvalue weighted by molar-refractivity contribution is 8.13. The molecule has 0 spiro atoms. The number of carbonyl (C=O) groups excluding carboxylic acids is 1. The summed E-state index contributed by atoms with van der Waals surface area (Å²) in [5.41, 5.74) is 0.132. The molecule has 6 nitrogen and oxygen atoms in total. The number of ether oxygens (including phenoxy) is 2. The minimum atomic E-state index is -4.08. The van der Waals surface area contributed by atoms with Gasteiger partial charge in [0.25, 0.3) is 15.0 Å². The highest BCUT2D eigenvalue weighted by atomic mass is 35.7. The van der Waals surface area contributed by atoms with Crippen molar-refractivity contribution in [3.05, 3.63) is 17.7 Å². The standard InChI is InChI=1S/C13H18ClNO5S/c1-8(2)7-15-13(16)9-5-10(19-3)12(20-4)11(6-9)21(14,17)18/h5-6,8H,7H2,1-4H3,(H,15,16). The molecule has 118 valence electrons. The normalized spacial score (nSPS) is 11.3. The summed E-state index contributed by atoms with van der Waals surface area (Å²) >= 11 is 0. The molecule has 0 aliphatic rings. The van der Waals surface area contributed by atoms with Gasteiger partial charge >= 0.3 is 0 Å². The highest BCUT2D eigenvalue weighted by Gasteiger charge is 2.24. The second kappa shape index (κ2) is 7.00. The topological polar surface area (TPSA) is 81.7 Å². The van der Waals surface area contributed by atoms with Gasteiger partial charge in [0, 0.05) is 22.8 Å². The summed E-state index contributed by atoms with van der Waals surface area (Å²) in [6, 6.07) is 2.57. The van der Waals surface area contributed by atoms with Gasteiger partial charge < -0.3 is 14.8 Å². The molecule has 0 unspecified atom stereocenters. The lowest BCUT2D eigenvalue weighted by molar-refractivity contribution is 0.0948. The molecular weight excluding hydrogens is 318 g/mol. The fraction of sp³-hybridized carbons (Fsp3) is 0.462. The lowest BCUT2D eigenvalue weighted by Crippen LogP contribution is -2.27. The molecule has 1 rings (SSSR count). The monoisotopic (exact) mass is 335 g/mol. The fourth-order valence-electron chi connectivity index (χ4n) is 1.64. The van der Waals surface area contributed by atoms with Gasteiger partial charge in [0.1, 0.15) is 4.90 Å². The predicted molar refractivity (Wildman–Crippen MR) is 79.8 cm³/mol. The van der Waals surface area contributed by atoms with Gasteiger partial charge in [-0.05, 0) is 18.1 Å². The Bertz CT molecular complexity index is 628. The van der Waals surface area contributed by atoms with E-state index in [-0.39, 0.29) is 27.9 Å². The van der Waals surface area contributed by atoms with E-state index in [1.165, 1.54) is 26.4 Å². The van der Waals surface area contributed by atoms with Crippen molar-refractivity contribution in [2.24, 2.45) is 5.92 Å². The Morgan fingerprint density at radius 2 is 1.90 bits per heavy atom. The maximum absolute atomic E-state index is 12.1. The van der Waals surface area contributed by atoms with Crippen molar-refractivity contribution in [1.29, 1.82) is 0 Å². The van der Waals surface area contributed by atoms with Gasteiger partial charge in [-0.15, -0.1) is 0 Å². The summed E-state index contributed by atoms with van der Waals surface area (Å²) in [7, 11) is 3.94. The molecule has 0 saturated carbocycles. The Labute approximate surface area is 128 Å². The molecule has 0 radical (unpaired) electrons. The van der Waals surface area contributed by atoms with Gasteiger partial charge in [0.05, 0.1) is 14.2 Å². The second-order valence-corrected chi connectivity index (χ2v) is 7.29. The smallest absolute Gasteiger partial charge is 0.265 e. The lowest BCUT2D eigenvalue weighted by atomic mass is 10.1. The van der Waals surface area contributed by atoms with E-state index < -0.39 is 15.0 Å². The Morgan fingerprint density at radius 3 is 2.33 bits per heavy atom. The quantitative estimate of drug-likeness (QED) is 0.804. The summed E-state index contributed by atoms with van der Waals surface area (Å²) in [6.07, 6.45) is 0. The zero-order valence-electron chi connectivity index (χ0n) is 12.3. The number of hydrogen-bond donors (Lipinski definition) is 1. The van der Waals surface area contributed by atoms with Crippen molar-refractivity contribution < 1.29 is 22.7 Å². The van der Waals surface area contributed by atoms with E-state index in [1.54, 1.807) is 0 Å². The van der Waals surface area contributed by atoms with E-state index in [0.29, 0.717) is 6.54 Å². The molecule has 0 aliphatic heterocycles. The molecule has 1 aromatic carbocycles. The number of benzene rings is 1. The van der Waals surface area contributed by atoms with Crippen LogP contribution >= 0.6 is 10.7 Å². The molecule has 0 heterocycles. The highest BCUT2D eigenvalue weighted by Crippen LogP contribution is 2.37. The molecule has 0 fully saturated rings. The minimum Gasteiger partial charge on any atom is -0.493 e. The first-order chi connectivity index (χ1) is 9.70. The van der Waals surface area contributed by atoms with Crippen molar-refractivity contribution in [3.8, 4) is 11.5 Å². The summed E-state index contributed by atoms with van der Waals surface area (Å²) in [5, 5.41) is 2.69. The number of hydrogen-bond acceptors (Lipinski definition) is 5. The average Bonchev–Trinajstić information content (AvgIpc) is 2.41. The van der Waals surface area contributed by atoms with Crippen molar-refractivity contribution in [2.75, 3.05) is 20.8 Å². The van der Waals surface area contributed by atoms with Gasteiger partial charge in [-0.3, -0.25) is 4.79 Å². The van der Waals surface area contributed by atoms with Gasteiger partial charge in [-0.2, -0.15) is 0 Å². The Kier molecular flexibility index (Phi) is 5.86. The minimum absolute atomic E-state index is 0.0343. The van der Waals surface area contributed by atoms with E-state index in [1.807, 2.05) is 13.8 Å². The van der Waals surface area contributed by atoms with Crippen LogP contribution in [0.1, 0.15) is 24.2 Å². The Balaban J connectivity index is 3.33. The molecule has 1 amide bonds. The zero-order chi connectivity index (χ0) is 16.2. The summed E-state index contributed by atoms with van der Waals surface area (Å²) in [5.74, 6) is -0.0571. The van der Waals surface area contributed by atoms with Crippen LogP contribution in [-0.4, -0.2) is 35.1 Å². The number of methoxy groups -OCH3 is 2. The molecule has 1 N–H and O–H groups in total. The molecule has 0 aliphatic carbocycles. The van der Waals surface area contributed by atoms with Crippen LogP contribution in [0.15, 0.2) is 17.0 Å². The molecular formula is C13H18ClNO5S.